The Morgan fingerprint density at radius 1 is 1.35 bits per heavy atom. The van der Waals surface area contributed by atoms with Gasteiger partial charge >= 0.3 is 0 Å². The number of carbonyl (C=O) groups excluding carboxylic acids is 1. The van der Waals surface area contributed by atoms with Crippen LogP contribution in [0.15, 0.2) is 30.5 Å². The Hall–Kier alpha value is -2.03. The number of hydrogen-bond donors (Lipinski definition) is 1. The van der Waals surface area contributed by atoms with Crippen molar-refractivity contribution in [3.05, 3.63) is 56.2 Å². The third-order valence-corrected chi connectivity index (χ3v) is 5.13. The molecule has 1 N–H and O–H groups in total. The predicted octanol–water partition coefficient (Wildman–Crippen LogP) is 4.72. The molecule has 2 heterocycles. The number of aryl methyl sites for hydroxylation is 1. The van der Waals surface area contributed by atoms with Crippen molar-refractivity contribution in [3.63, 3.8) is 0 Å². The van der Waals surface area contributed by atoms with Gasteiger partial charge in [-0.3, -0.25) is 14.9 Å². The van der Waals surface area contributed by atoms with Crippen LogP contribution in [0.5, 0.6) is 0 Å². The van der Waals surface area contributed by atoms with Gasteiger partial charge in [0.2, 0.25) is 6.41 Å². The first kappa shape index (κ1) is 20.3. The lowest BCUT2D eigenvalue weighted by Gasteiger charge is -2.14. The molecule has 0 radical (unpaired) electrons. The summed E-state index contributed by atoms with van der Waals surface area (Å²) in [6.07, 6.45) is 3.40. The number of halogens is 2. The molecule has 0 bridgehead atoms. The van der Waals surface area contributed by atoms with Crippen molar-refractivity contribution in [2.75, 3.05) is 21.9 Å². The van der Waals surface area contributed by atoms with E-state index in [1.165, 1.54) is 30.4 Å². The van der Waals surface area contributed by atoms with Gasteiger partial charge in [-0.05, 0) is 43.0 Å². The first-order chi connectivity index (χ1) is 12.4. The second-order valence-corrected chi connectivity index (χ2v) is 7.25. The number of benzene rings is 1. The number of nitro benzene ring substituents is 1. The number of carbonyl (C=O) groups is 1. The summed E-state index contributed by atoms with van der Waals surface area (Å²) in [5.74, 6) is 2.23. The number of aromatic nitrogens is 1. The van der Waals surface area contributed by atoms with Crippen molar-refractivity contribution < 1.29 is 9.72 Å². The van der Waals surface area contributed by atoms with Crippen molar-refractivity contribution in [3.8, 4) is 0 Å². The zero-order valence-electron chi connectivity index (χ0n) is 13.8. The lowest BCUT2D eigenvalue weighted by Crippen LogP contribution is -2.10. The maximum absolute atomic E-state index is 10.3. The average molecular weight is 415 g/mol. The van der Waals surface area contributed by atoms with E-state index in [0.717, 1.165) is 22.9 Å². The first-order valence-corrected chi connectivity index (χ1v) is 9.28. The van der Waals surface area contributed by atoms with Gasteiger partial charge in [0.15, 0.2) is 0 Å². The molecule has 1 aromatic carbocycles. The third kappa shape index (κ3) is 5.76. The monoisotopic (exact) mass is 414 g/mol. The van der Waals surface area contributed by atoms with Crippen molar-refractivity contribution >= 4 is 58.8 Å². The summed E-state index contributed by atoms with van der Waals surface area (Å²) in [5.41, 5.74) is 1.24. The zero-order chi connectivity index (χ0) is 19.1. The summed E-state index contributed by atoms with van der Waals surface area (Å²) in [4.78, 5) is 24.1. The smallest absolute Gasteiger partial charge is 0.272 e. The average Bonchev–Trinajstić information content (AvgIpc) is 3.12. The molecule has 1 aliphatic heterocycles. The van der Waals surface area contributed by atoms with E-state index in [2.05, 4.69) is 14.6 Å². The minimum atomic E-state index is -0.581. The highest BCUT2D eigenvalue weighted by molar-refractivity contribution is 8.00. The van der Waals surface area contributed by atoms with Crippen molar-refractivity contribution in [2.24, 2.45) is 0 Å². The van der Waals surface area contributed by atoms with Crippen LogP contribution < -0.4 is 9.62 Å². The van der Waals surface area contributed by atoms with Crippen LogP contribution in [-0.4, -0.2) is 28.6 Å². The summed E-state index contributed by atoms with van der Waals surface area (Å²) in [6, 6.07) is 5.89. The standard InChI is InChI=1S/C9H11ClN2S.C7H5ClN2O3/c1-7-5-9(11-6-8(7)10)12-3-2-4-13-12;8-5-1-6(9-4-11)3-7(2-5)10(12)13/h5-6H,2-4H2,1H3;1-4H,(H,9,11). The van der Waals surface area contributed by atoms with E-state index in [1.54, 1.807) is 6.20 Å². The van der Waals surface area contributed by atoms with Gasteiger partial charge in [0.05, 0.1) is 9.95 Å². The number of anilines is 2. The number of non-ortho nitro benzene ring substituents is 1. The SMILES string of the molecule is Cc1cc(N2CCCS2)ncc1Cl.O=CNc1cc(Cl)cc([N+](=O)[O-])c1. The molecule has 0 unspecified atom stereocenters. The molecule has 1 saturated heterocycles. The fraction of sp³-hybridized carbons (Fsp3) is 0.250. The van der Waals surface area contributed by atoms with E-state index in [4.69, 9.17) is 23.2 Å². The highest BCUT2D eigenvalue weighted by atomic mass is 35.5. The predicted molar refractivity (Wildman–Crippen MR) is 106 cm³/mol. The van der Waals surface area contributed by atoms with Gasteiger partial charge in [-0.1, -0.05) is 23.2 Å². The quantitative estimate of drug-likeness (QED) is 0.337. The van der Waals surface area contributed by atoms with Crippen LogP contribution >= 0.6 is 35.1 Å². The number of rotatable bonds is 4. The Bertz CT molecular complexity index is 801. The number of nitro groups is 1. The third-order valence-electron chi connectivity index (χ3n) is 3.36. The number of nitrogens with zero attached hydrogens (tertiary/aromatic N) is 3. The molecule has 0 aliphatic carbocycles. The molecule has 1 amide bonds. The van der Waals surface area contributed by atoms with E-state index < -0.39 is 4.92 Å². The number of hydrogen-bond acceptors (Lipinski definition) is 6. The van der Waals surface area contributed by atoms with Crippen molar-refractivity contribution in [1.29, 1.82) is 0 Å². The number of nitrogens with one attached hydrogen (secondary N) is 1. The fourth-order valence-electron chi connectivity index (χ4n) is 2.12. The van der Waals surface area contributed by atoms with E-state index in [-0.39, 0.29) is 10.7 Å². The number of amides is 1. The van der Waals surface area contributed by atoms with Gasteiger partial charge in [0.1, 0.15) is 5.82 Å². The summed E-state index contributed by atoms with van der Waals surface area (Å²) in [7, 11) is 0. The van der Waals surface area contributed by atoms with Crippen LogP contribution in [0, 0.1) is 17.0 Å². The van der Waals surface area contributed by atoms with Crippen LogP contribution in [0.25, 0.3) is 0 Å². The van der Waals surface area contributed by atoms with Gasteiger partial charge in [-0.2, -0.15) is 0 Å². The normalized spacial score (nSPS) is 13.0. The van der Waals surface area contributed by atoms with Crippen LogP contribution in [0.3, 0.4) is 0 Å². The van der Waals surface area contributed by atoms with E-state index >= 15 is 0 Å². The van der Waals surface area contributed by atoms with Crippen LogP contribution in [0.4, 0.5) is 17.2 Å². The Morgan fingerprint density at radius 2 is 2.12 bits per heavy atom. The molecule has 1 aromatic heterocycles. The van der Waals surface area contributed by atoms with Gasteiger partial charge in [-0.25, -0.2) is 4.98 Å². The molecule has 3 rings (SSSR count). The van der Waals surface area contributed by atoms with Gasteiger partial charge in [0, 0.05) is 41.3 Å². The summed E-state index contributed by atoms with van der Waals surface area (Å²) >= 11 is 13.3. The summed E-state index contributed by atoms with van der Waals surface area (Å²) in [6.45, 7) is 3.10. The molecular formula is C16H16Cl2N4O3S. The minimum Gasteiger partial charge on any atom is -0.328 e. The minimum absolute atomic E-state index is 0.156. The zero-order valence-corrected chi connectivity index (χ0v) is 16.1. The molecular weight excluding hydrogens is 399 g/mol. The van der Waals surface area contributed by atoms with E-state index in [1.807, 2.05) is 24.9 Å². The molecule has 7 nitrogen and oxygen atoms in total. The van der Waals surface area contributed by atoms with Gasteiger partial charge in [0.25, 0.3) is 5.69 Å². The summed E-state index contributed by atoms with van der Waals surface area (Å²) in [5, 5.41) is 13.6. The van der Waals surface area contributed by atoms with Crippen LogP contribution in [0.1, 0.15) is 12.0 Å². The molecule has 0 spiro atoms. The highest BCUT2D eigenvalue weighted by Crippen LogP contribution is 2.28. The molecule has 1 aliphatic rings. The van der Waals surface area contributed by atoms with Gasteiger partial charge in [-0.15, -0.1) is 0 Å². The Labute approximate surface area is 165 Å². The molecule has 10 heteroatoms. The molecule has 0 atom stereocenters. The maximum Gasteiger partial charge on any atom is 0.272 e. The molecule has 0 saturated carbocycles. The first-order valence-electron chi connectivity index (χ1n) is 7.58. The lowest BCUT2D eigenvalue weighted by molar-refractivity contribution is -0.384. The van der Waals surface area contributed by atoms with E-state index in [0.29, 0.717) is 12.1 Å². The molecule has 2 aromatic rings. The molecule has 138 valence electrons. The Morgan fingerprint density at radius 3 is 2.69 bits per heavy atom. The number of pyridine rings is 1. The lowest BCUT2D eigenvalue weighted by atomic mass is 10.3. The van der Waals surface area contributed by atoms with Gasteiger partial charge < -0.3 is 9.62 Å². The van der Waals surface area contributed by atoms with Crippen molar-refractivity contribution in [2.45, 2.75) is 13.3 Å². The second-order valence-electron chi connectivity index (χ2n) is 5.30. The summed E-state index contributed by atoms with van der Waals surface area (Å²) < 4.78 is 2.23. The second kappa shape index (κ2) is 9.61. The topological polar surface area (TPSA) is 88.4 Å². The van der Waals surface area contributed by atoms with Crippen LogP contribution in [0.2, 0.25) is 10.0 Å². The Balaban J connectivity index is 0.000000187. The largest absolute Gasteiger partial charge is 0.328 e. The highest BCUT2D eigenvalue weighted by Gasteiger charge is 2.14. The molecule has 26 heavy (non-hydrogen) atoms. The fourth-order valence-corrected chi connectivity index (χ4v) is 3.42. The maximum atomic E-state index is 10.3. The van der Waals surface area contributed by atoms with Crippen molar-refractivity contribution in [1.82, 2.24) is 4.98 Å². The molecule has 1 fully saturated rings. The van der Waals surface area contributed by atoms with E-state index in [9.17, 15) is 14.9 Å². The Kier molecular flexibility index (Phi) is 7.50. The van der Waals surface area contributed by atoms with Crippen LogP contribution in [-0.2, 0) is 4.79 Å².